The van der Waals surface area contributed by atoms with E-state index >= 15 is 0 Å². The summed E-state index contributed by atoms with van der Waals surface area (Å²) in [5.41, 5.74) is 8.95. The summed E-state index contributed by atoms with van der Waals surface area (Å²) in [6, 6.07) is 5.46. The molecule has 0 fully saturated rings. The Morgan fingerprint density at radius 3 is 3.07 bits per heavy atom. The summed E-state index contributed by atoms with van der Waals surface area (Å²) >= 11 is 0. The normalized spacial score (nSPS) is 19.7. The first-order valence-electron chi connectivity index (χ1n) is 4.98. The molecule has 0 radical (unpaired) electrons. The molecular weight excluding hydrogens is 192 g/mol. The Kier molecular flexibility index (Phi) is 2.70. The molecule has 4 nitrogen and oxygen atoms in total. The number of hydrogen-bond acceptors (Lipinski definition) is 3. The van der Waals surface area contributed by atoms with Gasteiger partial charge >= 0.3 is 5.97 Å². The molecule has 0 saturated carbocycles. The van der Waals surface area contributed by atoms with E-state index in [0.29, 0.717) is 19.5 Å². The van der Waals surface area contributed by atoms with Crippen molar-refractivity contribution in [3.63, 3.8) is 0 Å². The van der Waals surface area contributed by atoms with Gasteiger partial charge in [0.1, 0.15) is 6.04 Å². The van der Waals surface area contributed by atoms with Gasteiger partial charge in [0.15, 0.2) is 0 Å². The van der Waals surface area contributed by atoms with E-state index in [-0.39, 0.29) is 0 Å². The molecule has 0 spiro atoms. The summed E-state index contributed by atoms with van der Waals surface area (Å²) in [4.78, 5) is 10.9. The van der Waals surface area contributed by atoms with Crippen LogP contribution in [-0.4, -0.2) is 17.1 Å². The second-order valence-electron chi connectivity index (χ2n) is 3.73. The number of carboxylic acid groups (broad SMARTS) is 1. The van der Waals surface area contributed by atoms with E-state index in [1.807, 2.05) is 18.2 Å². The van der Waals surface area contributed by atoms with E-state index in [4.69, 9.17) is 10.8 Å². The molecular formula is C11H14N2O2. The highest BCUT2D eigenvalue weighted by Crippen LogP contribution is 2.20. The Labute approximate surface area is 88.1 Å². The molecule has 0 bridgehead atoms. The Hall–Kier alpha value is -1.39. The maximum Gasteiger partial charge on any atom is 0.321 e. The zero-order valence-corrected chi connectivity index (χ0v) is 8.36. The minimum Gasteiger partial charge on any atom is -0.480 e. The lowest BCUT2D eigenvalue weighted by Crippen LogP contribution is -2.42. The molecule has 1 heterocycles. The summed E-state index contributed by atoms with van der Waals surface area (Å²) in [6.07, 6.45) is 0.526. The first-order chi connectivity index (χ1) is 7.22. The number of nitrogens with two attached hydrogens (primary N) is 1. The van der Waals surface area contributed by atoms with Gasteiger partial charge in [0.25, 0.3) is 0 Å². The average Bonchev–Trinajstić information content (AvgIpc) is 2.27. The van der Waals surface area contributed by atoms with Gasteiger partial charge in [-0.3, -0.25) is 4.79 Å². The summed E-state index contributed by atoms with van der Waals surface area (Å²) < 4.78 is 0. The maximum absolute atomic E-state index is 10.9. The van der Waals surface area contributed by atoms with Gasteiger partial charge in [-0.15, -0.1) is 0 Å². The van der Waals surface area contributed by atoms with Gasteiger partial charge in [0, 0.05) is 13.1 Å². The van der Waals surface area contributed by atoms with Crippen LogP contribution in [0.1, 0.15) is 16.7 Å². The molecule has 1 unspecified atom stereocenters. The predicted molar refractivity (Wildman–Crippen MR) is 56.3 cm³/mol. The molecule has 2 rings (SSSR count). The molecule has 1 atom stereocenters. The number of nitrogens with one attached hydrogen (secondary N) is 1. The molecule has 1 aromatic carbocycles. The third-order valence-electron chi connectivity index (χ3n) is 2.84. The van der Waals surface area contributed by atoms with Crippen molar-refractivity contribution in [2.24, 2.45) is 5.73 Å². The molecule has 1 aliphatic rings. The fourth-order valence-electron chi connectivity index (χ4n) is 1.99. The fourth-order valence-corrected chi connectivity index (χ4v) is 1.99. The van der Waals surface area contributed by atoms with Crippen LogP contribution >= 0.6 is 0 Å². The van der Waals surface area contributed by atoms with Gasteiger partial charge in [-0.1, -0.05) is 18.2 Å². The Morgan fingerprint density at radius 2 is 2.40 bits per heavy atom. The van der Waals surface area contributed by atoms with Crippen molar-refractivity contribution < 1.29 is 9.90 Å². The highest BCUT2D eigenvalue weighted by molar-refractivity contribution is 5.74. The lowest BCUT2D eigenvalue weighted by molar-refractivity contribution is -0.139. The smallest absolute Gasteiger partial charge is 0.321 e. The number of aliphatic carboxylic acids is 1. The molecule has 0 amide bonds. The van der Waals surface area contributed by atoms with Crippen LogP contribution in [0.4, 0.5) is 0 Å². The predicted octanol–water partition coefficient (Wildman–Crippen LogP) is 0.244. The molecule has 4 N–H and O–H groups in total. The van der Waals surface area contributed by atoms with E-state index in [2.05, 4.69) is 5.32 Å². The number of rotatable bonds is 2. The summed E-state index contributed by atoms with van der Waals surface area (Å²) in [6.45, 7) is 1.08. The Bertz CT molecular complexity index is 376. The number of carboxylic acids is 1. The van der Waals surface area contributed by atoms with E-state index in [0.717, 1.165) is 16.7 Å². The molecule has 4 heteroatoms. The van der Waals surface area contributed by atoms with Crippen molar-refractivity contribution in [2.45, 2.75) is 25.6 Å². The van der Waals surface area contributed by atoms with Crippen molar-refractivity contribution in [2.75, 3.05) is 0 Å². The Morgan fingerprint density at radius 1 is 1.60 bits per heavy atom. The first kappa shape index (κ1) is 10.1. The molecule has 0 aliphatic carbocycles. The number of carbonyl (C=O) groups is 1. The van der Waals surface area contributed by atoms with Crippen molar-refractivity contribution in [1.29, 1.82) is 0 Å². The van der Waals surface area contributed by atoms with Crippen LogP contribution in [0, 0.1) is 0 Å². The quantitative estimate of drug-likeness (QED) is 0.648. The van der Waals surface area contributed by atoms with Gasteiger partial charge in [-0.2, -0.15) is 0 Å². The third kappa shape index (κ3) is 1.86. The second kappa shape index (κ2) is 4.00. The first-order valence-corrected chi connectivity index (χ1v) is 4.98. The maximum atomic E-state index is 10.9. The van der Waals surface area contributed by atoms with Crippen LogP contribution in [0.3, 0.4) is 0 Å². The largest absolute Gasteiger partial charge is 0.480 e. The van der Waals surface area contributed by atoms with Crippen LogP contribution < -0.4 is 11.1 Å². The highest BCUT2D eigenvalue weighted by atomic mass is 16.4. The van der Waals surface area contributed by atoms with Crippen molar-refractivity contribution in [3.8, 4) is 0 Å². The molecule has 1 aliphatic heterocycles. The van der Waals surface area contributed by atoms with Gasteiger partial charge in [0.2, 0.25) is 0 Å². The fraction of sp³-hybridized carbons (Fsp3) is 0.364. The minimum atomic E-state index is -0.799. The third-order valence-corrected chi connectivity index (χ3v) is 2.84. The number of hydrogen-bond donors (Lipinski definition) is 3. The monoisotopic (exact) mass is 206 g/mol. The van der Waals surface area contributed by atoms with Crippen LogP contribution in [0.2, 0.25) is 0 Å². The van der Waals surface area contributed by atoms with Crippen LogP contribution in [-0.2, 0) is 24.3 Å². The molecule has 80 valence electrons. The minimum absolute atomic E-state index is 0.468. The highest BCUT2D eigenvalue weighted by Gasteiger charge is 2.24. The van der Waals surface area contributed by atoms with Gasteiger partial charge < -0.3 is 16.2 Å². The summed E-state index contributed by atoms with van der Waals surface area (Å²) in [5.74, 6) is -0.799. The van der Waals surface area contributed by atoms with Crippen LogP contribution in [0.5, 0.6) is 0 Å². The topological polar surface area (TPSA) is 75.4 Å². The van der Waals surface area contributed by atoms with Crippen LogP contribution in [0.25, 0.3) is 0 Å². The van der Waals surface area contributed by atoms with Gasteiger partial charge in [-0.25, -0.2) is 0 Å². The Balaban J connectivity index is 2.34. The zero-order chi connectivity index (χ0) is 10.8. The molecule has 0 aromatic heterocycles. The van der Waals surface area contributed by atoms with E-state index in [1.165, 1.54) is 0 Å². The standard InChI is InChI=1S/C11H14N2O2/c12-5-7-2-1-3-8-6-13-10(11(14)15)4-9(7)8/h1-3,10,13H,4-6,12H2,(H,14,15). The summed E-state index contributed by atoms with van der Waals surface area (Å²) in [5, 5.41) is 11.9. The molecule has 0 saturated heterocycles. The lowest BCUT2D eigenvalue weighted by Gasteiger charge is -2.25. The van der Waals surface area contributed by atoms with Crippen molar-refractivity contribution in [1.82, 2.24) is 5.32 Å². The number of fused-ring (bicyclic) bond motifs is 1. The second-order valence-corrected chi connectivity index (χ2v) is 3.73. The van der Waals surface area contributed by atoms with Gasteiger partial charge in [0.05, 0.1) is 0 Å². The lowest BCUT2D eigenvalue weighted by atomic mass is 9.91. The van der Waals surface area contributed by atoms with E-state index in [1.54, 1.807) is 0 Å². The summed E-state index contributed by atoms with van der Waals surface area (Å²) in [7, 11) is 0. The van der Waals surface area contributed by atoms with Crippen molar-refractivity contribution >= 4 is 5.97 Å². The number of benzene rings is 1. The molecule has 15 heavy (non-hydrogen) atoms. The van der Waals surface area contributed by atoms with E-state index in [9.17, 15) is 4.79 Å². The zero-order valence-electron chi connectivity index (χ0n) is 8.36. The van der Waals surface area contributed by atoms with Crippen molar-refractivity contribution in [3.05, 3.63) is 34.9 Å². The van der Waals surface area contributed by atoms with Crippen LogP contribution in [0.15, 0.2) is 18.2 Å². The van der Waals surface area contributed by atoms with E-state index < -0.39 is 12.0 Å². The van der Waals surface area contributed by atoms with Gasteiger partial charge in [-0.05, 0) is 23.1 Å². The SMILES string of the molecule is NCc1cccc2c1CC(C(=O)O)NC2. The average molecular weight is 206 g/mol. The molecule has 1 aromatic rings.